The van der Waals surface area contributed by atoms with E-state index < -0.39 is 0 Å². The number of anilines is 1. The molecule has 0 atom stereocenters. The van der Waals surface area contributed by atoms with Gasteiger partial charge in [-0.1, -0.05) is 6.07 Å². The lowest BCUT2D eigenvalue weighted by Crippen LogP contribution is -2.39. The van der Waals surface area contributed by atoms with E-state index >= 15 is 0 Å². The number of carbonyl (C=O) groups excluding carboxylic acids is 2. The average molecular weight is 340 g/mol. The van der Waals surface area contributed by atoms with Crippen molar-refractivity contribution >= 4 is 33.4 Å². The van der Waals surface area contributed by atoms with Gasteiger partial charge in [-0.2, -0.15) is 0 Å². The highest BCUT2D eigenvalue weighted by atomic mass is 79.9. The number of nitrogen functional groups attached to an aromatic ring is 1. The minimum Gasteiger partial charge on any atom is -0.398 e. The lowest BCUT2D eigenvalue weighted by Gasteiger charge is -2.31. The summed E-state index contributed by atoms with van der Waals surface area (Å²) in [5, 5.41) is 0. The molecule has 6 heteroatoms. The lowest BCUT2D eigenvalue weighted by atomic mass is 9.93. The molecular formula is C14H18BrN3O2. The molecule has 0 saturated carbocycles. The summed E-state index contributed by atoms with van der Waals surface area (Å²) in [6, 6.07) is 5.28. The molecule has 5 nitrogen and oxygen atoms in total. The highest BCUT2D eigenvalue weighted by Gasteiger charge is 2.25. The normalized spacial score (nSPS) is 16.1. The van der Waals surface area contributed by atoms with Crippen LogP contribution in [0.3, 0.4) is 0 Å². The molecule has 0 radical (unpaired) electrons. The van der Waals surface area contributed by atoms with Crippen molar-refractivity contribution in [3.63, 3.8) is 0 Å². The number of nitrogens with two attached hydrogens (primary N) is 2. The van der Waals surface area contributed by atoms with Crippen LogP contribution in [0.2, 0.25) is 0 Å². The van der Waals surface area contributed by atoms with Gasteiger partial charge in [-0.25, -0.2) is 0 Å². The first kappa shape index (κ1) is 14.8. The summed E-state index contributed by atoms with van der Waals surface area (Å²) in [5.74, 6) is -0.00381. The zero-order valence-corrected chi connectivity index (χ0v) is 12.7. The van der Waals surface area contributed by atoms with E-state index in [0.29, 0.717) is 41.2 Å². The van der Waals surface area contributed by atoms with Gasteiger partial charge in [0.05, 0.1) is 10.0 Å². The van der Waals surface area contributed by atoms with Crippen molar-refractivity contribution in [2.45, 2.75) is 19.3 Å². The van der Waals surface area contributed by atoms with Gasteiger partial charge in [0.2, 0.25) is 5.91 Å². The first-order chi connectivity index (χ1) is 9.49. The molecular weight excluding hydrogens is 322 g/mol. The van der Waals surface area contributed by atoms with Crippen molar-refractivity contribution in [2.75, 3.05) is 18.8 Å². The molecule has 0 aliphatic carbocycles. The van der Waals surface area contributed by atoms with Gasteiger partial charge in [-0.15, -0.1) is 0 Å². The van der Waals surface area contributed by atoms with Crippen LogP contribution in [0.1, 0.15) is 29.6 Å². The van der Waals surface area contributed by atoms with Crippen molar-refractivity contribution < 1.29 is 9.59 Å². The van der Waals surface area contributed by atoms with Crippen LogP contribution in [-0.4, -0.2) is 29.8 Å². The predicted molar refractivity (Wildman–Crippen MR) is 81.0 cm³/mol. The molecule has 1 fully saturated rings. The summed E-state index contributed by atoms with van der Waals surface area (Å²) < 4.78 is 0.643. The van der Waals surface area contributed by atoms with Crippen molar-refractivity contribution in [1.82, 2.24) is 4.90 Å². The van der Waals surface area contributed by atoms with Gasteiger partial charge < -0.3 is 16.4 Å². The van der Waals surface area contributed by atoms with Crippen LogP contribution in [0.5, 0.6) is 0 Å². The van der Waals surface area contributed by atoms with Gasteiger partial charge in [0.25, 0.3) is 5.91 Å². The number of benzene rings is 1. The fraction of sp³-hybridized carbons (Fsp3) is 0.429. The molecule has 108 valence electrons. The van der Waals surface area contributed by atoms with E-state index in [1.54, 1.807) is 23.1 Å². The quantitative estimate of drug-likeness (QED) is 0.822. The minimum atomic E-state index is -0.270. The maximum Gasteiger partial charge on any atom is 0.255 e. The number of rotatable bonds is 3. The maximum atomic E-state index is 12.5. The molecule has 2 rings (SSSR count). The number of primary amides is 1. The largest absolute Gasteiger partial charge is 0.398 e. The molecule has 1 aromatic carbocycles. The standard InChI is InChI=1S/C14H18BrN3O2/c15-13-10(2-1-3-11(13)16)14(20)18-6-4-9(5-7-18)8-12(17)19/h1-3,9H,4-8,16H2,(H2,17,19). The van der Waals surface area contributed by atoms with Crippen LogP contribution in [0.25, 0.3) is 0 Å². The van der Waals surface area contributed by atoms with Crippen molar-refractivity contribution in [3.8, 4) is 0 Å². The smallest absolute Gasteiger partial charge is 0.255 e. The number of halogens is 1. The summed E-state index contributed by atoms with van der Waals surface area (Å²) >= 11 is 3.36. The number of nitrogens with zero attached hydrogens (tertiary/aromatic N) is 1. The molecule has 20 heavy (non-hydrogen) atoms. The number of likely N-dealkylation sites (tertiary alicyclic amines) is 1. The van der Waals surface area contributed by atoms with Crippen molar-refractivity contribution in [3.05, 3.63) is 28.2 Å². The number of piperidine rings is 1. The third-order valence-corrected chi connectivity index (χ3v) is 4.54. The number of carbonyl (C=O) groups is 2. The molecule has 4 N–H and O–H groups in total. The van der Waals surface area contributed by atoms with Crippen molar-refractivity contribution in [1.29, 1.82) is 0 Å². The zero-order chi connectivity index (χ0) is 14.7. The van der Waals surface area contributed by atoms with Crippen LogP contribution < -0.4 is 11.5 Å². The van der Waals surface area contributed by atoms with Gasteiger partial charge in [0.15, 0.2) is 0 Å². The topological polar surface area (TPSA) is 89.4 Å². The third-order valence-electron chi connectivity index (χ3n) is 3.65. The van der Waals surface area contributed by atoms with Gasteiger partial charge in [-0.3, -0.25) is 9.59 Å². The van der Waals surface area contributed by atoms with Crippen LogP contribution in [-0.2, 0) is 4.79 Å². The van der Waals surface area contributed by atoms with E-state index in [9.17, 15) is 9.59 Å². The molecule has 0 aromatic heterocycles. The molecule has 0 spiro atoms. The number of amides is 2. The average Bonchev–Trinajstić information content (AvgIpc) is 2.41. The monoisotopic (exact) mass is 339 g/mol. The fourth-order valence-electron chi connectivity index (χ4n) is 2.51. The van der Waals surface area contributed by atoms with Gasteiger partial charge >= 0.3 is 0 Å². The summed E-state index contributed by atoms with van der Waals surface area (Å²) in [5.41, 5.74) is 12.1. The molecule has 1 aliphatic heterocycles. The Morgan fingerprint density at radius 2 is 1.95 bits per heavy atom. The fourth-order valence-corrected chi connectivity index (χ4v) is 2.94. The van der Waals surface area contributed by atoms with E-state index in [2.05, 4.69) is 15.9 Å². The van der Waals surface area contributed by atoms with E-state index in [4.69, 9.17) is 11.5 Å². The Bertz CT molecular complexity index is 525. The second kappa shape index (κ2) is 6.26. The van der Waals surface area contributed by atoms with Gasteiger partial charge in [0, 0.05) is 25.2 Å². The molecule has 1 heterocycles. The Morgan fingerprint density at radius 3 is 2.55 bits per heavy atom. The van der Waals surface area contributed by atoms with Crippen molar-refractivity contribution in [2.24, 2.45) is 11.7 Å². The van der Waals surface area contributed by atoms with E-state index in [1.807, 2.05) is 0 Å². The van der Waals surface area contributed by atoms with Gasteiger partial charge in [0.1, 0.15) is 0 Å². The summed E-state index contributed by atoms with van der Waals surface area (Å²) in [4.78, 5) is 25.2. The third kappa shape index (κ3) is 3.30. The lowest BCUT2D eigenvalue weighted by molar-refractivity contribution is -0.119. The molecule has 1 aromatic rings. The highest BCUT2D eigenvalue weighted by molar-refractivity contribution is 9.10. The molecule has 1 aliphatic rings. The molecule has 2 amide bonds. The van der Waals surface area contributed by atoms with E-state index in [-0.39, 0.29) is 11.8 Å². The Hall–Kier alpha value is -1.56. The SMILES string of the molecule is NC(=O)CC1CCN(C(=O)c2cccc(N)c2Br)CC1. The van der Waals surface area contributed by atoms with Crippen LogP contribution in [0.4, 0.5) is 5.69 Å². The van der Waals surface area contributed by atoms with Gasteiger partial charge in [-0.05, 0) is 46.8 Å². The van der Waals surface area contributed by atoms with Crippen LogP contribution >= 0.6 is 15.9 Å². The molecule has 0 unspecified atom stereocenters. The molecule has 1 saturated heterocycles. The van der Waals surface area contributed by atoms with Crippen LogP contribution in [0, 0.1) is 5.92 Å². The second-order valence-electron chi connectivity index (χ2n) is 5.11. The highest BCUT2D eigenvalue weighted by Crippen LogP contribution is 2.27. The van der Waals surface area contributed by atoms with E-state index in [1.165, 1.54) is 0 Å². The maximum absolute atomic E-state index is 12.5. The van der Waals surface area contributed by atoms with Crippen LogP contribution in [0.15, 0.2) is 22.7 Å². The Labute approximate surface area is 126 Å². The Morgan fingerprint density at radius 1 is 1.30 bits per heavy atom. The zero-order valence-electron chi connectivity index (χ0n) is 11.1. The summed E-state index contributed by atoms with van der Waals surface area (Å²) in [7, 11) is 0. The first-order valence-electron chi connectivity index (χ1n) is 6.60. The number of hydrogen-bond acceptors (Lipinski definition) is 3. The molecule has 0 bridgehead atoms. The Balaban J connectivity index is 2.02. The summed E-state index contributed by atoms with van der Waals surface area (Å²) in [6.07, 6.45) is 2.03. The first-order valence-corrected chi connectivity index (χ1v) is 7.40. The summed E-state index contributed by atoms with van der Waals surface area (Å²) in [6.45, 7) is 1.30. The second-order valence-corrected chi connectivity index (χ2v) is 5.91. The Kier molecular flexibility index (Phi) is 4.65. The minimum absolute atomic E-state index is 0.0262. The van der Waals surface area contributed by atoms with E-state index in [0.717, 1.165) is 12.8 Å². The number of hydrogen-bond donors (Lipinski definition) is 2. The predicted octanol–water partition coefficient (Wildman–Crippen LogP) is 1.76.